The zero-order chi connectivity index (χ0) is 17.2. The van der Waals surface area contributed by atoms with Crippen molar-refractivity contribution in [2.45, 2.75) is 32.6 Å². The molecule has 1 aromatic heterocycles. The maximum absolute atomic E-state index is 12.6. The number of aryl methyl sites for hydroxylation is 1. The van der Waals surface area contributed by atoms with Crippen LogP contribution in [0.3, 0.4) is 0 Å². The number of para-hydroxylation sites is 1. The Hall–Kier alpha value is -2.55. The monoisotopic (exact) mass is 332 g/mol. The molecule has 0 bridgehead atoms. The van der Waals surface area contributed by atoms with Crippen molar-refractivity contribution in [2.75, 3.05) is 18.0 Å². The number of hydrogen-bond donors (Lipinski definition) is 1. The number of fused-ring (bicyclic) bond motifs is 1. The van der Waals surface area contributed by atoms with Crippen LogP contribution in [0.2, 0.25) is 0 Å². The predicted molar refractivity (Wildman–Crippen MR) is 105 cm³/mol. The van der Waals surface area contributed by atoms with Gasteiger partial charge in [-0.25, -0.2) is 0 Å². The van der Waals surface area contributed by atoms with Crippen LogP contribution in [0.4, 0.5) is 5.82 Å². The smallest absolute Gasteiger partial charge is 0.191 e. The van der Waals surface area contributed by atoms with Crippen LogP contribution < -0.4 is 10.3 Å². The molecule has 0 atom stereocenters. The van der Waals surface area contributed by atoms with Gasteiger partial charge in [0.05, 0.1) is 5.52 Å². The van der Waals surface area contributed by atoms with Crippen LogP contribution in [0.15, 0.2) is 53.3 Å². The number of aromatic nitrogens is 1. The van der Waals surface area contributed by atoms with Crippen molar-refractivity contribution in [3.05, 3.63) is 75.4 Å². The van der Waals surface area contributed by atoms with E-state index in [2.05, 4.69) is 47.1 Å². The summed E-state index contributed by atoms with van der Waals surface area (Å²) in [6.45, 7) is 4.16. The van der Waals surface area contributed by atoms with E-state index in [9.17, 15) is 4.79 Å². The minimum atomic E-state index is 0.111. The summed E-state index contributed by atoms with van der Waals surface area (Å²) < 4.78 is 0. The molecule has 1 N–H and O–H groups in total. The van der Waals surface area contributed by atoms with E-state index in [-0.39, 0.29) is 5.43 Å². The zero-order valence-corrected chi connectivity index (χ0v) is 14.7. The van der Waals surface area contributed by atoms with E-state index in [0.717, 1.165) is 36.2 Å². The van der Waals surface area contributed by atoms with E-state index in [4.69, 9.17) is 0 Å². The molecule has 128 valence electrons. The molecule has 25 heavy (non-hydrogen) atoms. The highest BCUT2D eigenvalue weighted by Crippen LogP contribution is 2.23. The zero-order valence-electron chi connectivity index (χ0n) is 14.7. The van der Waals surface area contributed by atoms with Crippen molar-refractivity contribution in [3.63, 3.8) is 0 Å². The Kier molecular flexibility index (Phi) is 4.31. The van der Waals surface area contributed by atoms with Crippen LogP contribution in [0.1, 0.15) is 36.0 Å². The number of hydrogen-bond acceptors (Lipinski definition) is 2. The Morgan fingerprint density at radius 2 is 1.76 bits per heavy atom. The molecule has 4 rings (SSSR count). The minimum Gasteiger partial charge on any atom is -0.358 e. The van der Waals surface area contributed by atoms with Crippen molar-refractivity contribution in [3.8, 4) is 0 Å². The summed E-state index contributed by atoms with van der Waals surface area (Å²) in [5.41, 5.74) is 4.80. The van der Waals surface area contributed by atoms with Gasteiger partial charge in [-0.3, -0.25) is 4.79 Å². The first-order valence-corrected chi connectivity index (χ1v) is 9.16. The Balaban J connectivity index is 1.77. The normalized spacial score (nSPS) is 14.8. The molecule has 0 unspecified atom stereocenters. The summed E-state index contributed by atoms with van der Waals surface area (Å²) in [5.74, 6) is 0.966. The highest BCUT2D eigenvalue weighted by atomic mass is 16.1. The van der Waals surface area contributed by atoms with Gasteiger partial charge >= 0.3 is 0 Å². The molecule has 0 saturated carbocycles. The fourth-order valence-corrected chi connectivity index (χ4v) is 3.70. The molecule has 0 aliphatic carbocycles. The van der Waals surface area contributed by atoms with E-state index in [1.54, 1.807) is 6.07 Å². The van der Waals surface area contributed by atoms with Gasteiger partial charge < -0.3 is 9.88 Å². The van der Waals surface area contributed by atoms with Crippen LogP contribution >= 0.6 is 0 Å². The number of nitrogens with one attached hydrogen (secondary N) is 1. The van der Waals surface area contributed by atoms with Crippen LogP contribution in [0, 0.1) is 6.92 Å². The van der Waals surface area contributed by atoms with Crippen molar-refractivity contribution in [1.82, 2.24) is 4.98 Å². The highest BCUT2D eigenvalue weighted by Gasteiger charge is 2.14. The molecule has 0 amide bonds. The van der Waals surface area contributed by atoms with Crippen molar-refractivity contribution in [1.29, 1.82) is 0 Å². The molecule has 1 aliphatic rings. The Morgan fingerprint density at radius 1 is 1.00 bits per heavy atom. The van der Waals surface area contributed by atoms with Gasteiger partial charge in [0.15, 0.2) is 5.43 Å². The molecule has 1 aliphatic heterocycles. The predicted octanol–water partition coefficient (Wildman–Crippen LogP) is 4.42. The molecule has 0 spiro atoms. The van der Waals surface area contributed by atoms with Gasteiger partial charge in [0.25, 0.3) is 0 Å². The summed E-state index contributed by atoms with van der Waals surface area (Å²) in [6, 6.07) is 16.4. The van der Waals surface area contributed by atoms with Crippen LogP contribution in [0.25, 0.3) is 10.9 Å². The van der Waals surface area contributed by atoms with Gasteiger partial charge in [-0.2, -0.15) is 0 Å². The Labute approximate surface area is 148 Å². The lowest BCUT2D eigenvalue weighted by Crippen LogP contribution is -2.31. The first kappa shape index (κ1) is 15.9. The number of rotatable bonds is 3. The summed E-state index contributed by atoms with van der Waals surface area (Å²) in [4.78, 5) is 18.5. The molecular weight excluding hydrogens is 308 g/mol. The third-order valence-electron chi connectivity index (χ3n) is 5.15. The number of anilines is 1. The minimum absolute atomic E-state index is 0.111. The number of piperidine rings is 1. The summed E-state index contributed by atoms with van der Waals surface area (Å²) in [7, 11) is 0. The third kappa shape index (κ3) is 3.32. The fraction of sp³-hybridized carbons (Fsp3) is 0.318. The molecule has 3 aromatic rings. The van der Waals surface area contributed by atoms with Crippen molar-refractivity contribution < 1.29 is 0 Å². The third-order valence-corrected chi connectivity index (χ3v) is 5.15. The van der Waals surface area contributed by atoms with Gasteiger partial charge in [0.1, 0.15) is 5.82 Å². The standard InChI is InChI=1S/C22H24N2O/c1-16-8-10-17(11-9-16)14-18-6-5-7-19-20(25)15-21(23-22(18)19)24-12-3-2-4-13-24/h5-11,15H,2-4,12-14H2,1H3,(H,23,25). The summed E-state index contributed by atoms with van der Waals surface area (Å²) in [6.07, 6.45) is 4.51. The topological polar surface area (TPSA) is 36.1 Å². The number of nitrogens with zero attached hydrogens (tertiary/aromatic N) is 1. The number of H-pyrrole nitrogens is 1. The molecule has 1 saturated heterocycles. The first-order chi connectivity index (χ1) is 12.2. The van der Waals surface area contributed by atoms with Crippen molar-refractivity contribution in [2.24, 2.45) is 0 Å². The lowest BCUT2D eigenvalue weighted by molar-refractivity contribution is 0.574. The van der Waals surface area contributed by atoms with Gasteiger partial charge in [-0.1, -0.05) is 42.0 Å². The van der Waals surface area contributed by atoms with E-state index in [1.165, 1.54) is 36.0 Å². The quantitative estimate of drug-likeness (QED) is 0.771. The largest absolute Gasteiger partial charge is 0.358 e. The van der Waals surface area contributed by atoms with Gasteiger partial charge in [-0.05, 0) is 49.8 Å². The average Bonchev–Trinajstić information content (AvgIpc) is 2.65. The van der Waals surface area contributed by atoms with Crippen molar-refractivity contribution >= 4 is 16.7 Å². The van der Waals surface area contributed by atoms with E-state index in [1.807, 2.05) is 12.1 Å². The lowest BCUT2D eigenvalue weighted by atomic mass is 10.0. The molecular formula is C22H24N2O. The number of pyridine rings is 1. The summed E-state index contributed by atoms with van der Waals surface area (Å²) >= 11 is 0. The molecule has 0 radical (unpaired) electrons. The maximum Gasteiger partial charge on any atom is 0.191 e. The average molecular weight is 332 g/mol. The first-order valence-electron chi connectivity index (χ1n) is 9.16. The van der Waals surface area contributed by atoms with Crippen LogP contribution in [0.5, 0.6) is 0 Å². The Bertz CT molecular complexity index is 934. The van der Waals surface area contributed by atoms with Gasteiger partial charge in [-0.15, -0.1) is 0 Å². The molecule has 2 aromatic carbocycles. The Morgan fingerprint density at radius 3 is 2.52 bits per heavy atom. The van der Waals surface area contributed by atoms with E-state index < -0.39 is 0 Å². The molecule has 3 nitrogen and oxygen atoms in total. The van der Waals surface area contributed by atoms with Crippen LogP contribution in [-0.2, 0) is 6.42 Å². The molecule has 1 fully saturated rings. The highest BCUT2D eigenvalue weighted by molar-refractivity contribution is 5.83. The number of aromatic amines is 1. The maximum atomic E-state index is 12.6. The fourth-order valence-electron chi connectivity index (χ4n) is 3.70. The molecule has 3 heteroatoms. The number of benzene rings is 2. The van der Waals surface area contributed by atoms with Crippen LogP contribution in [-0.4, -0.2) is 18.1 Å². The second-order valence-corrected chi connectivity index (χ2v) is 7.07. The molecule has 2 heterocycles. The van der Waals surface area contributed by atoms with Gasteiger partial charge in [0, 0.05) is 24.5 Å². The van der Waals surface area contributed by atoms with E-state index >= 15 is 0 Å². The second kappa shape index (κ2) is 6.75. The summed E-state index contributed by atoms with van der Waals surface area (Å²) in [5, 5.41) is 0.783. The van der Waals surface area contributed by atoms with E-state index in [0.29, 0.717) is 0 Å². The second-order valence-electron chi connectivity index (χ2n) is 7.07. The lowest BCUT2D eigenvalue weighted by Gasteiger charge is -2.28. The SMILES string of the molecule is Cc1ccc(Cc2cccc3c(=O)cc(N4CCCCC4)[nH]c23)cc1. The van der Waals surface area contributed by atoms with Gasteiger partial charge in [0.2, 0.25) is 0 Å².